The topological polar surface area (TPSA) is 88.9 Å². The molecule has 2 amide bonds. The van der Waals surface area contributed by atoms with Crippen molar-refractivity contribution in [2.45, 2.75) is 39.7 Å². The number of carbonyl (C=O) groups is 2. The molecule has 0 saturated carbocycles. The Bertz CT molecular complexity index is 1590. The van der Waals surface area contributed by atoms with E-state index in [1.54, 1.807) is 20.8 Å². The van der Waals surface area contributed by atoms with Gasteiger partial charge >= 0.3 is 12.4 Å². The lowest BCUT2D eigenvalue weighted by molar-refractivity contribution is -0.138. The zero-order chi connectivity index (χ0) is 29.5. The second-order valence-electron chi connectivity index (χ2n) is 9.99. The molecule has 2 aromatic carbocycles. The predicted molar refractivity (Wildman–Crippen MR) is 135 cm³/mol. The van der Waals surface area contributed by atoms with Gasteiger partial charge in [0.15, 0.2) is 0 Å². The Kier molecular flexibility index (Phi) is 7.35. The molecule has 4 aromatic rings. The molecule has 0 aliphatic heterocycles. The van der Waals surface area contributed by atoms with Crippen LogP contribution in [0.15, 0.2) is 61.1 Å². The standard InChI is InChI=1S/C27H23F6N5O2/c1-25(2,3)24(40)35-11-15-7-8-20(27(31,32)33)18(9-15)23(39)37-21-5-4-6-22-19(21)14-36-38(22)17-10-16(12-34-13-17)26(28,29)30/h4-10,12-14H,11H2,1-3H3,(H,35,40)(H,37,39). The van der Waals surface area contributed by atoms with Crippen molar-refractivity contribution in [2.24, 2.45) is 5.41 Å². The highest BCUT2D eigenvalue weighted by molar-refractivity contribution is 6.09. The van der Waals surface area contributed by atoms with Gasteiger partial charge in [-0.05, 0) is 35.9 Å². The Hall–Kier alpha value is -4.42. The molecule has 0 spiro atoms. The summed E-state index contributed by atoms with van der Waals surface area (Å²) in [6, 6.07) is 8.28. The number of aromatic nitrogens is 3. The summed E-state index contributed by atoms with van der Waals surface area (Å²) in [6.07, 6.45) is -6.36. The number of nitrogens with zero attached hydrogens (tertiary/aromatic N) is 3. The van der Waals surface area contributed by atoms with E-state index in [9.17, 15) is 35.9 Å². The van der Waals surface area contributed by atoms with Crippen molar-refractivity contribution in [3.63, 3.8) is 0 Å². The molecule has 0 aliphatic carbocycles. The number of rotatable bonds is 5. The van der Waals surface area contributed by atoms with Gasteiger partial charge in [0.05, 0.1) is 46.0 Å². The highest BCUT2D eigenvalue weighted by Gasteiger charge is 2.36. The first-order valence-electron chi connectivity index (χ1n) is 11.8. The molecule has 2 heterocycles. The highest BCUT2D eigenvalue weighted by atomic mass is 19.4. The molecule has 2 N–H and O–H groups in total. The number of fused-ring (bicyclic) bond motifs is 1. The van der Waals surface area contributed by atoms with Crippen molar-refractivity contribution in [3.05, 3.63) is 83.3 Å². The van der Waals surface area contributed by atoms with E-state index in [2.05, 4.69) is 20.7 Å². The summed E-state index contributed by atoms with van der Waals surface area (Å²) in [5, 5.41) is 9.46. The molecular weight excluding hydrogens is 540 g/mol. The number of alkyl halides is 6. The predicted octanol–water partition coefficient (Wildman–Crippen LogP) is 6.37. The molecule has 0 bridgehead atoms. The van der Waals surface area contributed by atoms with Gasteiger partial charge in [-0.15, -0.1) is 0 Å². The third kappa shape index (κ3) is 6.08. The van der Waals surface area contributed by atoms with Crippen LogP contribution in [0.2, 0.25) is 0 Å². The molecule has 4 rings (SSSR count). The van der Waals surface area contributed by atoms with Crippen LogP contribution >= 0.6 is 0 Å². The second kappa shape index (κ2) is 10.3. The third-order valence-electron chi connectivity index (χ3n) is 5.93. The molecule has 0 atom stereocenters. The smallest absolute Gasteiger partial charge is 0.352 e. The van der Waals surface area contributed by atoms with Gasteiger partial charge in [-0.25, -0.2) is 4.68 Å². The van der Waals surface area contributed by atoms with Crippen molar-refractivity contribution in [3.8, 4) is 5.69 Å². The van der Waals surface area contributed by atoms with E-state index in [0.717, 1.165) is 18.2 Å². The van der Waals surface area contributed by atoms with E-state index in [1.807, 2.05) is 0 Å². The van der Waals surface area contributed by atoms with Gasteiger partial charge in [-0.3, -0.25) is 14.6 Å². The Morgan fingerprint density at radius 3 is 2.27 bits per heavy atom. The molecule has 0 fully saturated rings. The lowest BCUT2D eigenvalue weighted by Crippen LogP contribution is -2.34. The highest BCUT2D eigenvalue weighted by Crippen LogP contribution is 2.34. The minimum atomic E-state index is -4.84. The number of anilines is 1. The lowest BCUT2D eigenvalue weighted by atomic mass is 9.95. The van der Waals surface area contributed by atoms with E-state index in [1.165, 1.54) is 41.3 Å². The molecule has 0 aliphatic rings. The first-order chi connectivity index (χ1) is 18.6. The van der Waals surface area contributed by atoms with Crippen molar-refractivity contribution >= 4 is 28.4 Å². The molecule has 0 radical (unpaired) electrons. The first kappa shape index (κ1) is 28.6. The van der Waals surface area contributed by atoms with Gasteiger partial charge in [-0.2, -0.15) is 31.4 Å². The van der Waals surface area contributed by atoms with Crippen molar-refractivity contribution in [1.82, 2.24) is 20.1 Å². The number of carbonyl (C=O) groups excluding carboxylic acids is 2. The Morgan fingerprint density at radius 2 is 1.62 bits per heavy atom. The zero-order valence-electron chi connectivity index (χ0n) is 21.4. The number of benzene rings is 2. The van der Waals surface area contributed by atoms with Gasteiger partial charge < -0.3 is 10.6 Å². The fourth-order valence-electron chi connectivity index (χ4n) is 3.84. The normalized spacial score (nSPS) is 12.4. The molecule has 210 valence electrons. The molecule has 0 saturated heterocycles. The Balaban J connectivity index is 1.67. The Labute approximate surface area is 224 Å². The van der Waals surface area contributed by atoms with Gasteiger partial charge in [0.1, 0.15) is 0 Å². The molecule has 2 aromatic heterocycles. The van der Waals surface area contributed by atoms with E-state index >= 15 is 0 Å². The largest absolute Gasteiger partial charge is 0.417 e. The zero-order valence-corrected chi connectivity index (χ0v) is 21.4. The van der Waals surface area contributed by atoms with E-state index < -0.39 is 40.4 Å². The summed E-state index contributed by atoms with van der Waals surface area (Å²) in [7, 11) is 0. The number of halogens is 6. The van der Waals surface area contributed by atoms with Crippen LogP contribution in [0.3, 0.4) is 0 Å². The van der Waals surface area contributed by atoms with Crippen LogP contribution in [-0.2, 0) is 23.7 Å². The van der Waals surface area contributed by atoms with Crippen LogP contribution in [0.4, 0.5) is 32.0 Å². The van der Waals surface area contributed by atoms with Crippen molar-refractivity contribution < 1.29 is 35.9 Å². The minimum Gasteiger partial charge on any atom is -0.352 e. The fraction of sp³-hybridized carbons (Fsp3) is 0.259. The number of hydrogen-bond acceptors (Lipinski definition) is 4. The first-order valence-corrected chi connectivity index (χ1v) is 11.8. The summed E-state index contributed by atoms with van der Waals surface area (Å²) < 4.78 is 81.9. The number of amides is 2. The SMILES string of the molecule is CC(C)(C)C(=O)NCc1ccc(C(F)(F)F)c(C(=O)Nc2cccc3c2cnn3-c2cncc(C(F)(F)F)c2)c1. The third-order valence-corrected chi connectivity index (χ3v) is 5.93. The van der Waals surface area contributed by atoms with Crippen LogP contribution in [0.25, 0.3) is 16.6 Å². The van der Waals surface area contributed by atoms with Crippen molar-refractivity contribution in [2.75, 3.05) is 5.32 Å². The average molecular weight is 564 g/mol. The van der Waals surface area contributed by atoms with Crippen LogP contribution in [0.1, 0.15) is 47.8 Å². The number of nitrogens with one attached hydrogen (secondary N) is 2. The summed E-state index contributed by atoms with van der Waals surface area (Å²) in [5.74, 6) is -1.39. The van der Waals surface area contributed by atoms with Gasteiger partial charge in [0.2, 0.25) is 5.91 Å². The monoisotopic (exact) mass is 563 g/mol. The fourth-order valence-corrected chi connectivity index (χ4v) is 3.84. The maximum Gasteiger partial charge on any atom is 0.417 e. The van der Waals surface area contributed by atoms with Crippen LogP contribution in [0.5, 0.6) is 0 Å². The number of pyridine rings is 1. The Morgan fingerprint density at radius 1 is 0.900 bits per heavy atom. The summed E-state index contributed by atoms with van der Waals surface area (Å²) in [6.45, 7) is 4.95. The van der Waals surface area contributed by atoms with Gasteiger partial charge in [0, 0.05) is 23.5 Å². The molecule has 13 heteroatoms. The second-order valence-corrected chi connectivity index (χ2v) is 9.99. The molecular formula is C27H23F6N5O2. The quantitative estimate of drug-likeness (QED) is 0.276. The van der Waals surface area contributed by atoms with Gasteiger partial charge in [-0.1, -0.05) is 32.9 Å². The maximum absolute atomic E-state index is 13.8. The van der Waals surface area contributed by atoms with E-state index in [0.29, 0.717) is 6.20 Å². The average Bonchev–Trinajstić information content (AvgIpc) is 3.31. The number of hydrogen-bond donors (Lipinski definition) is 2. The van der Waals surface area contributed by atoms with Crippen LogP contribution in [0, 0.1) is 5.41 Å². The van der Waals surface area contributed by atoms with E-state index in [-0.39, 0.29) is 40.3 Å². The van der Waals surface area contributed by atoms with Gasteiger partial charge in [0.25, 0.3) is 5.91 Å². The summed E-state index contributed by atoms with van der Waals surface area (Å²) in [5.41, 5.74) is -2.90. The summed E-state index contributed by atoms with van der Waals surface area (Å²) >= 11 is 0. The van der Waals surface area contributed by atoms with Crippen molar-refractivity contribution in [1.29, 1.82) is 0 Å². The molecule has 0 unspecified atom stereocenters. The molecule has 7 nitrogen and oxygen atoms in total. The summed E-state index contributed by atoms with van der Waals surface area (Å²) in [4.78, 5) is 28.9. The van der Waals surface area contributed by atoms with E-state index in [4.69, 9.17) is 0 Å². The maximum atomic E-state index is 13.8. The van der Waals surface area contributed by atoms with Crippen LogP contribution in [-0.4, -0.2) is 26.6 Å². The lowest BCUT2D eigenvalue weighted by Gasteiger charge is -2.19. The minimum absolute atomic E-state index is 0.00216. The molecule has 40 heavy (non-hydrogen) atoms. The van der Waals surface area contributed by atoms with Crippen LogP contribution < -0.4 is 10.6 Å².